The van der Waals surface area contributed by atoms with E-state index in [-0.39, 0.29) is 11.4 Å². The minimum absolute atomic E-state index is 0.135. The molecule has 0 saturated carbocycles. The molecule has 3 heteroatoms. The molecule has 32 heavy (non-hydrogen) atoms. The van der Waals surface area contributed by atoms with Crippen LogP contribution in [-0.4, -0.2) is 13.1 Å². The summed E-state index contributed by atoms with van der Waals surface area (Å²) in [6.45, 7) is 7.04. The molecule has 0 aliphatic carbocycles. The van der Waals surface area contributed by atoms with Crippen LogP contribution >= 0.6 is 0 Å². The van der Waals surface area contributed by atoms with E-state index in [1.807, 2.05) is 12.1 Å². The Bertz CT molecular complexity index is 1280. The number of carbonyl (C=O) groups excluding carboxylic acids is 1. The highest BCUT2D eigenvalue weighted by molar-refractivity contribution is 5.99. The van der Waals surface area contributed by atoms with Gasteiger partial charge in [-0.1, -0.05) is 81.4 Å². The van der Waals surface area contributed by atoms with Gasteiger partial charge in [-0.2, -0.15) is 0 Å². The summed E-state index contributed by atoms with van der Waals surface area (Å²) in [6.07, 6.45) is 0. The Hall–Kier alpha value is -3.43. The number of fused-ring (bicyclic) bond motifs is 1. The zero-order valence-electron chi connectivity index (χ0n) is 19.1. The van der Waals surface area contributed by atoms with Gasteiger partial charge in [0.2, 0.25) is 0 Å². The van der Waals surface area contributed by atoms with Crippen molar-refractivity contribution < 1.29 is 9.53 Å². The molecule has 0 atom stereocenters. The van der Waals surface area contributed by atoms with Crippen molar-refractivity contribution in [2.24, 2.45) is 5.73 Å². The third-order valence-corrected chi connectivity index (χ3v) is 6.00. The number of rotatable bonds is 4. The molecule has 162 valence electrons. The van der Waals surface area contributed by atoms with Gasteiger partial charge in [0.15, 0.2) is 0 Å². The first-order valence-corrected chi connectivity index (χ1v) is 10.9. The standard InChI is InChI=1S/C29H29NO2/c1-29(2,3)24-12-8-19(9-13-24)26-7-5-6-20-16-21(10-15-27(20)26)25-14-11-22(28(31)32-4)17-23(25)18-30/h5-17H,18,30H2,1-4H3. The van der Waals surface area contributed by atoms with E-state index >= 15 is 0 Å². The maximum Gasteiger partial charge on any atom is 0.337 e. The molecule has 2 N–H and O–H groups in total. The summed E-state index contributed by atoms with van der Waals surface area (Å²) in [4.78, 5) is 11.9. The molecular weight excluding hydrogens is 394 g/mol. The minimum Gasteiger partial charge on any atom is -0.465 e. The Labute approximate surface area is 189 Å². The zero-order valence-corrected chi connectivity index (χ0v) is 19.1. The average molecular weight is 424 g/mol. The number of ether oxygens (including phenoxy) is 1. The molecule has 4 aromatic rings. The van der Waals surface area contributed by atoms with Crippen LogP contribution in [0.25, 0.3) is 33.0 Å². The van der Waals surface area contributed by atoms with Crippen molar-refractivity contribution in [2.75, 3.05) is 7.11 Å². The highest BCUT2D eigenvalue weighted by Gasteiger charge is 2.14. The number of benzene rings is 4. The van der Waals surface area contributed by atoms with Gasteiger partial charge in [-0.25, -0.2) is 4.79 Å². The smallest absolute Gasteiger partial charge is 0.337 e. The average Bonchev–Trinajstić information content (AvgIpc) is 2.82. The third kappa shape index (κ3) is 4.17. The van der Waals surface area contributed by atoms with Crippen LogP contribution in [0.15, 0.2) is 78.9 Å². The number of nitrogens with two attached hydrogens (primary N) is 1. The van der Waals surface area contributed by atoms with E-state index < -0.39 is 0 Å². The summed E-state index contributed by atoms with van der Waals surface area (Å²) in [5, 5.41) is 2.38. The first-order chi connectivity index (χ1) is 15.3. The molecule has 0 aromatic heterocycles. The van der Waals surface area contributed by atoms with Gasteiger partial charge in [0.25, 0.3) is 0 Å². The lowest BCUT2D eigenvalue weighted by molar-refractivity contribution is 0.0600. The van der Waals surface area contributed by atoms with Crippen LogP contribution in [-0.2, 0) is 16.7 Å². The van der Waals surface area contributed by atoms with Crippen molar-refractivity contribution >= 4 is 16.7 Å². The quantitative estimate of drug-likeness (QED) is 0.371. The Balaban J connectivity index is 1.76. The first kappa shape index (κ1) is 21.8. The van der Waals surface area contributed by atoms with Crippen molar-refractivity contribution in [3.05, 3.63) is 95.6 Å². The lowest BCUT2D eigenvalue weighted by Crippen LogP contribution is -2.10. The van der Waals surface area contributed by atoms with Crippen molar-refractivity contribution in [2.45, 2.75) is 32.7 Å². The van der Waals surface area contributed by atoms with Crippen molar-refractivity contribution in [1.29, 1.82) is 0 Å². The third-order valence-electron chi connectivity index (χ3n) is 6.00. The molecule has 0 heterocycles. The van der Waals surface area contributed by atoms with Gasteiger partial charge in [-0.3, -0.25) is 0 Å². The molecule has 0 bridgehead atoms. The van der Waals surface area contributed by atoms with Crippen molar-refractivity contribution in [1.82, 2.24) is 0 Å². The fourth-order valence-corrected chi connectivity index (χ4v) is 4.14. The maximum atomic E-state index is 11.9. The van der Waals surface area contributed by atoms with Gasteiger partial charge in [0, 0.05) is 6.54 Å². The highest BCUT2D eigenvalue weighted by Crippen LogP contribution is 2.34. The summed E-state index contributed by atoms with van der Waals surface area (Å²) in [6, 6.07) is 27.3. The minimum atomic E-state index is -0.355. The second-order valence-corrected chi connectivity index (χ2v) is 9.14. The van der Waals surface area contributed by atoms with Crippen LogP contribution in [0.1, 0.15) is 42.3 Å². The Morgan fingerprint density at radius 3 is 2.22 bits per heavy atom. The van der Waals surface area contributed by atoms with E-state index in [1.54, 1.807) is 6.07 Å². The summed E-state index contributed by atoms with van der Waals surface area (Å²) in [5.41, 5.74) is 13.4. The van der Waals surface area contributed by atoms with E-state index in [0.29, 0.717) is 12.1 Å². The molecule has 0 fully saturated rings. The molecule has 4 rings (SSSR count). The molecule has 0 amide bonds. The van der Waals surface area contributed by atoms with Gasteiger partial charge in [0.1, 0.15) is 0 Å². The SMILES string of the molecule is COC(=O)c1ccc(-c2ccc3c(-c4ccc(C(C)(C)C)cc4)cccc3c2)c(CN)c1. The number of carbonyl (C=O) groups is 1. The van der Waals surface area contributed by atoms with Crippen LogP contribution in [0, 0.1) is 0 Å². The molecule has 0 aliphatic rings. The van der Waals surface area contributed by atoms with E-state index in [9.17, 15) is 4.79 Å². The van der Waals surface area contributed by atoms with Crippen molar-refractivity contribution in [3.63, 3.8) is 0 Å². The largest absolute Gasteiger partial charge is 0.465 e. The van der Waals surface area contributed by atoms with Crippen LogP contribution in [0.5, 0.6) is 0 Å². The number of hydrogen-bond donors (Lipinski definition) is 1. The van der Waals surface area contributed by atoms with Gasteiger partial charge >= 0.3 is 5.97 Å². The monoisotopic (exact) mass is 423 g/mol. The summed E-state index contributed by atoms with van der Waals surface area (Å²) >= 11 is 0. The fourth-order valence-electron chi connectivity index (χ4n) is 4.14. The Morgan fingerprint density at radius 2 is 1.56 bits per heavy atom. The molecule has 0 unspecified atom stereocenters. The van der Waals surface area contributed by atoms with Crippen LogP contribution in [0.3, 0.4) is 0 Å². The normalized spacial score (nSPS) is 11.5. The maximum absolute atomic E-state index is 11.9. The second kappa shape index (κ2) is 8.60. The highest BCUT2D eigenvalue weighted by atomic mass is 16.5. The van der Waals surface area contributed by atoms with E-state index in [0.717, 1.165) is 16.7 Å². The predicted octanol–water partition coefficient (Wildman–Crippen LogP) is 6.72. The van der Waals surface area contributed by atoms with Crippen molar-refractivity contribution in [3.8, 4) is 22.3 Å². The van der Waals surface area contributed by atoms with Gasteiger partial charge in [0.05, 0.1) is 12.7 Å². The number of esters is 1. The van der Waals surface area contributed by atoms with Crippen LogP contribution in [0.2, 0.25) is 0 Å². The molecule has 3 nitrogen and oxygen atoms in total. The van der Waals surface area contributed by atoms with Crippen LogP contribution in [0.4, 0.5) is 0 Å². The van der Waals surface area contributed by atoms with E-state index in [2.05, 4.69) is 81.4 Å². The molecule has 0 radical (unpaired) electrons. The van der Waals surface area contributed by atoms with Crippen LogP contribution < -0.4 is 5.73 Å². The molecular formula is C29H29NO2. The van der Waals surface area contributed by atoms with Gasteiger partial charge in [-0.05, 0) is 67.8 Å². The lowest BCUT2D eigenvalue weighted by Gasteiger charge is -2.19. The summed E-state index contributed by atoms with van der Waals surface area (Å²) in [7, 11) is 1.38. The summed E-state index contributed by atoms with van der Waals surface area (Å²) < 4.78 is 4.84. The number of methoxy groups -OCH3 is 1. The molecule has 0 aliphatic heterocycles. The second-order valence-electron chi connectivity index (χ2n) is 9.14. The van der Waals surface area contributed by atoms with Gasteiger partial charge < -0.3 is 10.5 Å². The number of hydrogen-bond acceptors (Lipinski definition) is 3. The van der Waals surface area contributed by atoms with E-state index in [1.165, 1.54) is 34.6 Å². The fraction of sp³-hybridized carbons (Fsp3) is 0.207. The molecule has 4 aromatic carbocycles. The first-order valence-electron chi connectivity index (χ1n) is 10.9. The van der Waals surface area contributed by atoms with Gasteiger partial charge in [-0.15, -0.1) is 0 Å². The predicted molar refractivity (Wildman–Crippen MR) is 133 cm³/mol. The lowest BCUT2D eigenvalue weighted by atomic mass is 9.86. The Kier molecular flexibility index (Phi) is 5.86. The zero-order chi connectivity index (χ0) is 22.9. The van der Waals surface area contributed by atoms with E-state index in [4.69, 9.17) is 10.5 Å². The topological polar surface area (TPSA) is 52.3 Å². The molecule has 0 saturated heterocycles. The summed E-state index contributed by atoms with van der Waals surface area (Å²) in [5.74, 6) is -0.355. The Morgan fingerprint density at radius 1 is 0.844 bits per heavy atom. The molecule has 0 spiro atoms.